The summed E-state index contributed by atoms with van der Waals surface area (Å²) in [6.07, 6.45) is 2.56. The van der Waals surface area contributed by atoms with E-state index in [1.807, 2.05) is 35.3 Å². The Morgan fingerprint density at radius 2 is 1.81 bits per heavy atom. The van der Waals surface area contributed by atoms with Crippen LogP contribution in [0.5, 0.6) is 11.5 Å². The number of nitrogens with zero attached hydrogens (tertiary/aromatic N) is 2. The van der Waals surface area contributed by atoms with Crippen LogP contribution in [0.15, 0.2) is 77.9 Å². The minimum Gasteiger partial charge on any atom is -0.494 e. The Morgan fingerprint density at radius 1 is 1.03 bits per heavy atom. The van der Waals surface area contributed by atoms with Crippen molar-refractivity contribution in [2.75, 3.05) is 6.61 Å². The summed E-state index contributed by atoms with van der Waals surface area (Å²) < 4.78 is 25.6. The van der Waals surface area contributed by atoms with Gasteiger partial charge >= 0.3 is 0 Å². The highest BCUT2D eigenvalue weighted by Crippen LogP contribution is 2.47. The van der Waals surface area contributed by atoms with Crippen LogP contribution in [0.3, 0.4) is 0 Å². The number of hydrazone groups is 1. The number of hydrogen-bond donors (Lipinski definition) is 0. The summed E-state index contributed by atoms with van der Waals surface area (Å²) in [4.78, 5) is 0. The molecule has 3 aromatic rings. The molecule has 0 N–H and O–H groups in total. The zero-order valence-corrected chi connectivity index (χ0v) is 17.5. The fraction of sp³-hybridized carbons (Fsp3) is 0.269. The molecule has 2 aliphatic rings. The van der Waals surface area contributed by atoms with E-state index in [9.17, 15) is 4.39 Å². The number of unbranched alkanes of at least 4 members (excludes halogenated alkanes) is 1. The van der Waals surface area contributed by atoms with Gasteiger partial charge in [0.15, 0.2) is 0 Å². The molecule has 0 aromatic heterocycles. The van der Waals surface area contributed by atoms with Crippen molar-refractivity contribution in [1.29, 1.82) is 0 Å². The van der Waals surface area contributed by atoms with E-state index in [4.69, 9.17) is 14.6 Å². The molecule has 0 radical (unpaired) electrons. The number of para-hydroxylation sites is 1. The van der Waals surface area contributed by atoms with Crippen LogP contribution in [0, 0.1) is 5.82 Å². The minimum atomic E-state index is -0.394. The quantitative estimate of drug-likeness (QED) is 0.446. The Labute approximate surface area is 181 Å². The summed E-state index contributed by atoms with van der Waals surface area (Å²) in [5.41, 5.74) is 4.09. The summed E-state index contributed by atoms with van der Waals surface area (Å²) in [6.45, 7) is 2.89. The second-order valence-electron chi connectivity index (χ2n) is 7.93. The Bertz CT molecular complexity index is 1080. The van der Waals surface area contributed by atoms with Crippen molar-refractivity contribution >= 4 is 5.71 Å². The van der Waals surface area contributed by atoms with E-state index in [-0.39, 0.29) is 11.9 Å². The molecule has 4 nitrogen and oxygen atoms in total. The maximum Gasteiger partial charge on any atom is 0.213 e. The monoisotopic (exact) mass is 416 g/mol. The van der Waals surface area contributed by atoms with Gasteiger partial charge in [0.05, 0.1) is 18.4 Å². The first-order chi connectivity index (χ1) is 15.2. The molecule has 0 fully saturated rings. The molecule has 0 spiro atoms. The van der Waals surface area contributed by atoms with Crippen molar-refractivity contribution in [2.45, 2.75) is 38.5 Å². The van der Waals surface area contributed by atoms with Crippen molar-refractivity contribution in [3.63, 3.8) is 0 Å². The Morgan fingerprint density at radius 3 is 2.58 bits per heavy atom. The largest absolute Gasteiger partial charge is 0.494 e. The summed E-state index contributed by atoms with van der Waals surface area (Å²) in [5.74, 6) is 1.48. The van der Waals surface area contributed by atoms with Crippen molar-refractivity contribution in [1.82, 2.24) is 5.01 Å². The number of halogens is 1. The molecule has 2 heterocycles. The Kier molecular flexibility index (Phi) is 5.33. The highest BCUT2D eigenvalue weighted by atomic mass is 19.1. The lowest BCUT2D eigenvalue weighted by atomic mass is 9.96. The summed E-state index contributed by atoms with van der Waals surface area (Å²) in [7, 11) is 0. The molecule has 0 bridgehead atoms. The molecule has 0 saturated carbocycles. The zero-order chi connectivity index (χ0) is 21.2. The van der Waals surface area contributed by atoms with E-state index in [0.29, 0.717) is 0 Å². The molecule has 0 aliphatic carbocycles. The van der Waals surface area contributed by atoms with Gasteiger partial charge in [-0.1, -0.05) is 43.7 Å². The van der Waals surface area contributed by atoms with Crippen molar-refractivity contribution in [2.24, 2.45) is 5.10 Å². The molecular formula is C26H25FN2O2. The van der Waals surface area contributed by atoms with Gasteiger partial charge in [-0.15, -0.1) is 0 Å². The molecule has 2 atom stereocenters. The van der Waals surface area contributed by atoms with Gasteiger partial charge in [0.1, 0.15) is 17.3 Å². The molecular weight excluding hydrogens is 391 g/mol. The van der Waals surface area contributed by atoms with E-state index in [1.54, 1.807) is 12.1 Å². The molecule has 31 heavy (non-hydrogen) atoms. The normalized spacial score (nSPS) is 19.3. The highest BCUT2D eigenvalue weighted by Gasteiger charge is 2.40. The first kappa shape index (κ1) is 19.6. The van der Waals surface area contributed by atoms with Crippen LogP contribution in [-0.4, -0.2) is 17.3 Å². The van der Waals surface area contributed by atoms with Crippen LogP contribution >= 0.6 is 0 Å². The second-order valence-corrected chi connectivity index (χ2v) is 7.93. The van der Waals surface area contributed by atoms with Gasteiger partial charge in [-0.05, 0) is 54.4 Å². The van der Waals surface area contributed by atoms with Gasteiger partial charge in [-0.25, -0.2) is 9.40 Å². The van der Waals surface area contributed by atoms with Crippen LogP contribution in [-0.2, 0) is 0 Å². The number of benzene rings is 3. The number of fused-ring (bicyclic) bond motifs is 3. The lowest BCUT2D eigenvalue weighted by Gasteiger charge is -2.38. The van der Waals surface area contributed by atoms with Gasteiger partial charge in [0.25, 0.3) is 0 Å². The van der Waals surface area contributed by atoms with Crippen LogP contribution < -0.4 is 9.47 Å². The van der Waals surface area contributed by atoms with Gasteiger partial charge in [-0.2, -0.15) is 5.10 Å². The van der Waals surface area contributed by atoms with Crippen LogP contribution in [0.25, 0.3) is 0 Å². The Balaban J connectivity index is 1.45. The lowest BCUT2D eigenvalue weighted by molar-refractivity contribution is -0.0190. The summed E-state index contributed by atoms with van der Waals surface area (Å²) >= 11 is 0. The van der Waals surface area contributed by atoms with Crippen molar-refractivity contribution in [3.8, 4) is 11.5 Å². The first-order valence-corrected chi connectivity index (χ1v) is 10.8. The standard InChI is InChI=1S/C26H25FN2O2/c1-2-3-16-30-21-14-10-18(11-15-21)23-17-24-22-6-4-5-7-25(22)31-26(29(24)28-23)19-8-12-20(27)13-9-19/h4-15,24,26H,2-3,16-17H2,1H3/t24-,26-/m1/s1. The number of rotatable bonds is 6. The van der Waals surface area contributed by atoms with Gasteiger partial charge in [0.2, 0.25) is 6.23 Å². The highest BCUT2D eigenvalue weighted by molar-refractivity contribution is 6.02. The average molecular weight is 416 g/mol. The molecule has 5 heteroatoms. The van der Waals surface area contributed by atoms with Crippen LogP contribution in [0.2, 0.25) is 0 Å². The van der Waals surface area contributed by atoms with E-state index >= 15 is 0 Å². The third-order valence-corrected chi connectivity index (χ3v) is 5.81. The smallest absolute Gasteiger partial charge is 0.213 e. The molecule has 3 aromatic carbocycles. The topological polar surface area (TPSA) is 34.1 Å². The van der Waals surface area contributed by atoms with E-state index in [1.165, 1.54) is 12.1 Å². The third-order valence-electron chi connectivity index (χ3n) is 5.81. The van der Waals surface area contributed by atoms with Crippen molar-refractivity contribution < 1.29 is 13.9 Å². The van der Waals surface area contributed by atoms with Gasteiger partial charge < -0.3 is 9.47 Å². The van der Waals surface area contributed by atoms with Crippen LogP contribution in [0.4, 0.5) is 4.39 Å². The van der Waals surface area contributed by atoms with Crippen LogP contribution in [0.1, 0.15) is 55.1 Å². The van der Waals surface area contributed by atoms with Crippen molar-refractivity contribution in [3.05, 3.63) is 95.3 Å². The number of ether oxygens (including phenoxy) is 2. The first-order valence-electron chi connectivity index (χ1n) is 10.8. The lowest BCUT2D eigenvalue weighted by Crippen LogP contribution is -2.33. The second kappa shape index (κ2) is 8.42. The molecule has 2 aliphatic heterocycles. The van der Waals surface area contributed by atoms with E-state index in [0.717, 1.165) is 59.8 Å². The predicted molar refractivity (Wildman–Crippen MR) is 119 cm³/mol. The van der Waals surface area contributed by atoms with Gasteiger partial charge in [0, 0.05) is 17.5 Å². The maximum atomic E-state index is 13.5. The van der Waals surface area contributed by atoms with E-state index in [2.05, 4.69) is 25.1 Å². The molecule has 0 amide bonds. The number of hydrogen-bond acceptors (Lipinski definition) is 4. The molecule has 0 unspecified atom stereocenters. The van der Waals surface area contributed by atoms with Gasteiger partial charge in [-0.3, -0.25) is 0 Å². The van der Waals surface area contributed by atoms with E-state index < -0.39 is 6.23 Å². The third kappa shape index (κ3) is 3.88. The maximum absolute atomic E-state index is 13.5. The predicted octanol–water partition coefficient (Wildman–Crippen LogP) is 6.25. The fourth-order valence-corrected chi connectivity index (χ4v) is 4.13. The summed E-state index contributed by atoms with van der Waals surface area (Å²) in [5, 5.41) is 6.97. The fourth-order valence-electron chi connectivity index (χ4n) is 4.13. The molecule has 5 rings (SSSR count). The molecule has 158 valence electrons. The zero-order valence-electron chi connectivity index (χ0n) is 17.5. The minimum absolute atomic E-state index is 0.0792. The summed E-state index contributed by atoms with van der Waals surface area (Å²) in [6, 6.07) is 22.8. The SMILES string of the molecule is CCCCOc1ccc(C2=NN3[C@H](C2)c2ccccc2O[C@@H]3c2ccc(F)cc2)cc1. The molecule has 0 saturated heterocycles. The average Bonchev–Trinajstić information content (AvgIpc) is 3.26. The Hall–Kier alpha value is -3.34.